The SMILES string of the molecule is CCCCN(C)c1ccnc(Nc2ccc(Br)c(C)c2)n1. The monoisotopic (exact) mass is 348 g/mol. The zero-order chi connectivity index (χ0) is 15.2. The van der Waals surface area contributed by atoms with Crippen LogP contribution >= 0.6 is 15.9 Å². The first-order chi connectivity index (χ1) is 10.1. The average Bonchev–Trinajstić information content (AvgIpc) is 2.49. The Kier molecular flexibility index (Phi) is 5.56. The van der Waals surface area contributed by atoms with E-state index in [1.807, 2.05) is 18.2 Å². The van der Waals surface area contributed by atoms with E-state index in [1.54, 1.807) is 6.20 Å². The predicted molar refractivity (Wildman–Crippen MR) is 92.4 cm³/mol. The van der Waals surface area contributed by atoms with Gasteiger partial charge in [0, 0.05) is 29.9 Å². The Labute approximate surface area is 134 Å². The van der Waals surface area contributed by atoms with E-state index in [-0.39, 0.29) is 0 Å². The number of halogens is 1. The number of aryl methyl sites for hydroxylation is 1. The van der Waals surface area contributed by atoms with Crippen molar-refractivity contribution in [2.45, 2.75) is 26.7 Å². The van der Waals surface area contributed by atoms with Gasteiger partial charge in [0.2, 0.25) is 5.95 Å². The number of nitrogens with zero attached hydrogens (tertiary/aromatic N) is 3. The van der Waals surface area contributed by atoms with Crippen LogP contribution in [-0.2, 0) is 0 Å². The fraction of sp³-hybridized carbons (Fsp3) is 0.375. The molecule has 0 saturated heterocycles. The van der Waals surface area contributed by atoms with Crippen molar-refractivity contribution in [3.05, 3.63) is 40.5 Å². The summed E-state index contributed by atoms with van der Waals surface area (Å²) < 4.78 is 1.10. The minimum absolute atomic E-state index is 0.623. The average molecular weight is 349 g/mol. The second kappa shape index (κ2) is 7.41. The van der Waals surface area contributed by atoms with Crippen LogP contribution in [0.1, 0.15) is 25.3 Å². The third-order valence-corrected chi connectivity index (χ3v) is 4.18. The second-order valence-corrected chi connectivity index (χ2v) is 5.96. The molecule has 1 aromatic carbocycles. The molecule has 0 unspecified atom stereocenters. The molecule has 0 radical (unpaired) electrons. The summed E-state index contributed by atoms with van der Waals surface area (Å²) in [5, 5.41) is 3.25. The van der Waals surface area contributed by atoms with Crippen LogP contribution < -0.4 is 10.2 Å². The molecule has 1 N–H and O–H groups in total. The molecule has 0 saturated carbocycles. The standard InChI is InChI=1S/C16H21BrN4/c1-4-5-10-21(3)15-8-9-18-16(20-15)19-13-6-7-14(17)12(2)11-13/h6-9,11H,4-5,10H2,1-3H3,(H,18,19,20). The van der Waals surface area contributed by atoms with Crippen LogP contribution in [-0.4, -0.2) is 23.6 Å². The summed E-state index contributed by atoms with van der Waals surface area (Å²) in [6, 6.07) is 8.04. The molecule has 0 bridgehead atoms. The molecule has 21 heavy (non-hydrogen) atoms. The van der Waals surface area contributed by atoms with Gasteiger partial charge in [-0.25, -0.2) is 4.98 Å². The van der Waals surface area contributed by atoms with Crippen molar-refractivity contribution >= 4 is 33.4 Å². The van der Waals surface area contributed by atoms with E-state index in [9.17, 15) is 0 Å². The third kappa shape index (κ3) is 4.43. The summed E-state index contributed by atoms with van der Waals surface area (Å²) in [4.78, 5) is 11.0. The third-order valence-electron chi connectivity index (χ3n) is 3.29. The van der Waals surface area contributed by atoms with Crippen molar-refractivity contribution in [2.75, 3.05) is 23.8 Å². The van der Waals surface area contributed by atoms with E-state index in [0.29, 0.717) is 5.95 Å². The summed E-state index contributed by atoms with van der Waals surface area (Å²) in [7, 11) is 2.06. The lowest BCUT2D eigenvalue weighted by Gasteiger charge is -2.18. The normalized spacial score (nSPS) is 10.5. The van der Waals surface area contributed by atoms with Gasteiger partial charge in [0.1, 0.15) is 5.82 Å². The quantitative estimate of drug-likeness (QED) is 0.832. The van der Waals surface area contributed by atoms with E-state index in [1.165, 1.54) is 12.0 Å². The molecule has 4 nitrogen and oxygen atoms in total. The van der Waals surface area contributed by atoms with Gasteiger partial charge in [-0.05, 0) is 43.2 Å². The first-order valence-corrected chi connectivity index (χ1v) is 7.97. The van der Waals surface area contributed by atoms with Crippen LogP contribution in [0, 0.1) is 6.92 Å². The lowest BCUT2D eigenvalue weighted by molar-refractivity contribution is 0.759. The molecule has 0 spiro atoms. The first-order valence-electron chi connectivity index (χ1n) is 7.17. The number of unbranched alkanes of at least 4 members (excludes halogenated alkanes) is 1. The number of hydrogen-bond acceptors (Lipinski definition) is 4. The van der Waals surface area contributed by atoms with E-state index >= 15 is 0 Å². The number of nitrogens with one attached hydrogen (secondary N) is 1. The molecule has 0 aliphatic carbocycles. The lowest BCUT2D eigenvalue weighted by Crippen LogP contribution is -2.19. The fourth-order valence-electron chi connectivity index (χ4n) is 1.98. The highest BCUT2D eigenvalue weighted by Gasteiger charge is 2.05. The molecular formula is C16H21BrN4. The molecule has 0 amide bonds. The van der Waals surface area contributed by atoms with Crippen molar-refractivity contribution in [2.24, 2.45) is 0 Å². The van der Waals surface area contributed by atoms with E-state index in [4.69, 9.17) is 0 Å². The zero-order valence-corrected chi connectivity index (χ0v) is 14.3. The Bertz CT molecular complexity index is 601. The number of hydrogen-bond donors (Lipinski definition) is 1. The molecule has 5 heteroatoms. The van der Waals surface area contributed by atoms with Gasteiger partial charge in [-0.2, -0.15) is 4.98 Å². The predicted octanol–water partition coefficient (Wildman–Crippen LogP) is 4.53. The maximum Gasteiger partial charge on any atom is 0.229 e. The smallest absolute Gasteiger partial charge is 0.229 e. The minimum atomic E-state index is 0.623. The van der Waals surface area contributed by atoms with Crippen LogP contribution in [0.15, 0.2) is 34.9 Å². The van der Waals surface area contributed by atoms with Crippen LogP contribution in [0.2, 0.25) is 0 Å². The van der Waals surface area contributed by atoms with E-state index in [2.05, 4.69) is 63.1 Å². The number of aromatic nitrogens is 2. The summed E-state index contributed by atoms with van der Waals surface area (Å²) in [5.41, 5.74) is 2.17. The second-order valence-electron chi connectivity index (χ2n) is 5.10. The molecule has 112 valence electrons. The highest BCUT2D eigenvalue weighted by molar-refractivity contribution is 9.10. The maximum absolute atomic E-state index is 4.56. The highest BCUT2D eigenvalue weighted by atomic mass is 79.9. The molecular weight excluding hydrogens is 328 g/mol. The van der Waals surface area contributed by atoms with Crippen molar-refractivity contribution in [3.63, 3.8) is 0 Å². The molecule has 2 aromatic rings. The van der Waals surface area contributed by atoms with Gasteiger partial charge >= 0.3 is 0 Å². The molecule has 0 aliphatic rings. The van der Waals surface area contributed by atoms with Gasteiger partial charge < -0.3 is 10.2 Å². The van der Waals surface area contributed by atoms with Gasteiger partial charge in [0.25, 0.3) is 0 Å². The summed E-state index contributed by atoms with van der Waals surface area (Å²) in [6.45, 7) is 5.26. The van der Waals surface area contributed by atoms with Crippen LogP contribution in [0.3, 0.4) is 0 Å². The minimum Gasteiger partial charge on any atom is -0.360 e. The van der Waals surface area contributed by atoms with Gasteiger partial charge in [0.05, 0.1) is 0 Å². The molecule has 1 heterocycles. The molecule has 1 aromatic heterocycles. The molecule has 0 atom stereocenters. The summed E-state index contributed by atoms with van der Waals surface area (Å²) in [5.74, 6) is 1.56. The topological polar surface area (TPSA) is 41.1 Å². The Morgan fingerprint density at radius 2 is 2.10 bits per heavy atom. The lowest BCUT2D eigenvalue weighted by atomic mass is 10.2. The molecule has 0 fully saturated rings. The van der Waals surface area contributed by atoms with E-state index < -0.39 is 0 Å². The van der Waals surface area contributed by atoms with Gasteiger partial charge in [-0.3, -0.25) is 0 Å². The largest absolute Gasteiger partial charge is 0.360 e. The Balaban J connectivity index is 2.11. The zero-order valence-electron chi connectivity index (χ0n) is 12.7. The van der Waals surface area contributed by atoms with Gasteiger partial charge in [-0.15, -0.1) is 0 Å². The van der Waals surface area contributed by atoms with E-state index in [0.717, 1.165) is 28.9 Å². The van der Waals surface area contributed by atoms with Crippen LogP contribution in [0.4, 0.5) is 17.5 Å². The number of anilines is 3. The Hall–Kier alpha value is -1.62. The Morgan fingerprint density at radius 1 is 1.29 bits per heavy atom. The van der Waals surface area contributed by atoms with Crippen molar-refractivity contribution in [1.82, 2.24) is 9.97 Å². The summed E-state index contributed by atoms with van der Waals surface area (Å²) >= 11 is 3.50. The maximum atomic E-state index is 4.56. The molecule has 2 rings (SSSR count). The van der Waals surface area contributed by atoms with Gasteiger partial charge in [-0.1, -0.05) is 29.3 Å². The molecule has 0 aliphatic heterocycles. The van der Waals surface area contributed by atoms with Crippen LogP contribution in [0.25, 0.3) is 0 Å². The summed E-state index contributed by atoms with van der Waals surface area (Å²) in [6.07, 6.45) is 4.13. The highest BCUT2D eigenvalue weighted by Crippen LogP contribution is 2.22. The van der Waals surface area contributed by atoms with Crippen LogP contribution in [0.5, 0.6) is 0 Å². The van der Waals surface area contributed by atoms with Crippen molar-refractivity contribution in [1.29, 1.82) is 0 Å². The van der Waals surface area contributed by atoms with Gasteiger partial charge in [0.15, 0.2) is 0 Å². The number of rotatable bonds is 6. The Morgan fingerprint density at radius 3 is 2.81 bits per heavy atom. The fourth-order valence-corrected chi connectivity index (χ4v) is 2.23. The van der Waals surface area contributed by atoms with Crippen molar-refractivity contribution in [3.8, 4) is 0 Å². The first kappa shape index (κ1) is 15.8. The van der Waals surface area contributed by atoms with Crippen molar-refractivity contribution < 1.29 is 0 Å². The number of benzene rings is 1.